The summed E-state index contributed by atoms with van der Waals surface area (Å²) in [7, 11) is 0. The highest BCUT2D eigenvalue weighted by atomic mass is 16.1. The number of aryl methyl sites for hydroxylation is 1. The van der Waals surface area contributed by atoms with Crippen molar-refractivity contribution < 1.29 is 4.79 Å². The van der Waals surface area contributed by atoms with Crippen LogP contribution in [0, 0.1) is 0 Å². The molecule has 1 aliphatic heterocycles. The minimum absolute atomic E-state index is 0.358. The molecular weight excluding hydrogens is 174 g/mol. The zero-order chi connectivity index (χ0) is 10.1. The zero-order valence-corrected chi connectivity index (χ0v) is 8.92. The fraction of sp³-hybridized carbons (Fsp3) is 0.583. The van der Waals surface area contributed by atoms with Gasteiger partial charge in [-0.25, -0.2) is 0 Å². The Kier molecular flexibility index (Phi) is 2.44. The molecule has 0 radical (unpaired) electrons. The first kappa shape index (κ1) is 9.50. The van der Waals surface area contributed by atoms with E-state index in [1.807, 2.05) is 0 Å². The summed E-state index contributed by atoms with van der Waals surface area (Å²) in [5, 5.41) is 0. The van der Waals surface area contributed by atoms with Gasteiger partial charge in [0.15, 0.2) is 0 Å². The summed E-state index contributed by atoms with van der Waals surface area (Å²) in [6.07, 6.45) is 5.74. The third-order valence-corrected chi connectivity index (χ3v) is 3.00. The van der Waals surface area contributed by atoms with Gasteiger partial charge in [-0.05, 0) is 25.0 Å². The zero-order valence-electron chi connectivity index (χ0n) is 8.92. The van der Waals surface area contributed by atoms with Crippen LogP contribution in [0.3, 0.4) is 0 Å². The second-order valence-corrected chi connectivity index (χ2v) is 4.21. The maximum absolute atomic E-state index is 11.5. The fourth-order valence-electron chi connectivity index (χ4n) is 2.32. The molecule has 2 heterocycles. The van der Waals surface area contributed by atoms with Crippen molar-refractivity contribution in [3.8, 4) is 0 Å². The Hall–Kier alpha value is -1.05. The smallest absolute Gasteiger partial charge is 0.140 e. The van der Waals surface area contributed by atoms with E-state index in [1.165, 1.54) is 11.3 Å². The molecule has 14 heavy (non-hydrogen) atoms. The molecule has 0 saturated carbocycles. The highest BCUT2D eigenvalue weighted by Crippen LogP contribution is 2.26. The van der Waals surface area contributed by atoms with Gasteiger partial charge in [-0.3, -0.25) is 4.79 Å². The lowest BCUT2D eigenvalue weighted by atomic mass is 9.99. The summed E-state index contributed by atoms with van der Waals surface area (Å²) in [5.74, 6) is 0.390. The van der Waals surface area contributed by atoms with Crippen molar-refractivity contribution in [3.05, 3.63) is 23.5 Å². The van der Waals surface area contributed by atoms with Crippen LogP contribution >= 0.6 is 0 Å². The molecule has 1 aliphatic rings. The molecule has 1 unspecified atom stereocenters. The Balaban J connectivity index is 2.36. The van der Waals surface area contributed by atoms with E-state index >= 15 is 0 Å². The Labute approximate surface area is 84.9 Å². The van der Waals surface area contributed by atoms with Crippen molar-refractivity contribution in [2.24, 2.45) is 0 Å². The number of carbonyl (C=O) groups excluding carboxylic acids is 1. The predicted molar refractivity (Wildman–Crippen MR) is 56.5 cm³/mol. The van der Waals surface area contributed by atoms with Gasteiger partial charge in [0.25, 0.3) is 0 Å². The van der Waals surface area contributed by atoms with E-state index in [0.29, 0.717) is 24.7 Å². The van der Waals surface area contributed by atoms with Gasteiger partial charge in [-0.2, -0.15) is 0 Å². The number of aromatic nitrogens is 1. The maximum atomic E-state index is 11.5. The minimum atomic E-state index is 0.358. The van der Waals surface area contributed by atoms with Crippen molar-refractivity contribution >= 4 is 5.78 Å². The monoisotopic (exact) mass is 191 g/mol. The van der Waals surface area contributed by atoms with Crippen molar-refractivity contribution in [2.75, 3.05) is 0 Å². The van der Waals surface area contributed by atoms with Gasteiger partial charge in [0.05, 0.1) is 0 Å². The molecule has 0 amide bonds. The molecule has 76 valence electrons. The Morgan fingerprint density at radius 3 is 3.07 bits per heavy atom. The summed E-state index contributed by atoms with van der Waals surface area (Å²) in [4.78, 5) is 11.5. The van der Waals surface area contributed by atoms with Gasteiger partial charge >= 0.3 is 0 Å². The SMILES string of the molecule is CCCc1ccn2c1CC(=O)CC2C. The van der Waals surface area contributed by atoms with Crippen LogP contribution in [0.5, 0.6) is 0 Å². The molecule has 2 heteroatoms. The van der Waals surface area contributed by atoms with E-state index < -0.39 is 0 Å². The van der Waals surface area contributed by atoms with E-state index in [1.54, 1.807) is 0 Å². The lowest BCUT2D eigenvalue weighted by Gasteiger charge is -2.22. The molecule has 0 bridgehead atoms. The van der Waals surface area contributed by atoms with Crippen LogP contribution in [-0.4, -0.2) is 10.4 Å². The van der Waals surface area contributed by atoms with Crippen LogP contribution in [0.4, 0.5) is 0 Å². The van der Waals surface area contributed by atoms with Gasteiger partial charge in [-0.15, -0.1) is 0 Å². The Morgan fingerprint density at radius 2 is 2.36 bits per heavy atom. The first-order valence-corrected chi connectivity index (χ1v) is 5.42. The van der Waals surface area contributed by atoms with Crippen LogP contribution in [0.2, 0.25) is 0 Å². The summed E-state index contributed by atoms with van der Waals surface area (Å²) in [6.45, 7) is 4.30. The fourth-order valence-corrected chi connectivity index (χ4v) is 2.32. The molecule has 1 aromatic heterocycles. The van der Waals surface area contributed by atoms with Gasteiger partial charge in [-0.1, -0.05) is 13.3 Å². The maximum Gasteiger partial charge on any atom is 0.140 e. The highest BCUT2D eigenvalue weighted by Gasteiger charge is 2.23. The van der Waals surface area contributed by atoms with E-state index in [-0.39, 0.29) is 0 Å². The van der Waals surface area contributed by atoms with Crippen molar-refractivity contribution in [2.45, 2.75) is 45.6 Å². The van der Waals surface area contributed by atoms with Crippen LogP contribution < -0.4 is 0 Å². The molecule has 0 fully saturated rings. The summed E-state index contributed by atoms with van der Waals surface area (Å²) in [5.41, 5.74) is 2.63. The molecule has 1 aromatic rings. The third kappa shape index (κ3) is 1.49. The molecule has 0 aliphatic carbocycles. The first-order valence-electron chi connectivity index (χ1n) is 5.42. The molecule has 2 nitrogen and oxygen atoms in total. The predicted octanol–water partition coefficient (Wildman–Crippen LogP) is 2.52. The van der Waals surface area contributed by atoms with Gasteiger partial charge in [0.2, 0.25) is 0 Å². The molecule has 2 rings (SSSR count). The number of carbonyl (C=O) groups is 1. The number of Topliss-reactive ketones (excluding diaryl/α,β-unsaturated/α-hetero) is 1. The Morgan fingerprint density at radius 1 is 1.57 bits per heavy atom. The van der Waals surface area contributed by atoms with E-state index in [2.05, 4.69) is 30.7 Å². The average Bonchev–Trinajstić information content (AvgIpc) is 2.49. The topological polar surface area (TPSA) is 22.0 Å². The van der Waals surface area contributed by atoms with Gasteiger partial charge in [0.1, 0.15) is 5.78 Å². The average molecular weight is 191 g/mol. The lowest BCUT2D eigenvalue weighted by molar-refractivity contribution is -0.120. The number of hydrogen-bond donors (Lipinski definition) is 0. The summed E-state index contributed by atoms with van der Waals surface area (Å²) in [6, 6.07) is 2.53. The standard InChI is InChI=1S/C12H17NO/c1-3-4-10-5-6-13-9(2)7-11(14)8-12(10)13/h5-6,9H,3-4,7-8H2,1-2H3. The van der Waals surface area contributed by atoms with Crippen LogP contribution in [0.1, 0.15) is 44.0 Å². The van der Waals surface area contributed by atoms with Crippen molar-refractivity contribution in [1.82, 2.24) is 4.57 Å². The van der Waals surface area contributed by atoms with Crippen LogP contribution in [-0.2, 0) is 17.6 Å². The summed E-state index contributed by atoms with van der Waals surface area (Å²) >= 11 is 0. The number of nitrogens with zero attached hydrogens (tertiary/aromatic N) is 1. The molecular formula is C12H17NO. The molecule has 0 saturated heterocycles. The molecule has 0 spiro atoms. The highest BCUT2D eigenvalue weighted by molar-refractivity contribution is 5.82. The number of ketones is 1. The first-order chi connectivity index (χ1) is 6.72. The Bertz CT molecular complexity index is 351. The third-order valence-electron chi connectivity index (χ3n) is 3.00. The largest absolute Gasteiger partial charge is 0.348 e. The second-order valence-electron chi connectivity index (χ2n) is 4.21. The van der Waals surface area contributed by atoms with E-state index in [4.69, 9.17) is 0 Å². The summed E-state index contributed by atoms with van der Waals surface area (Å²) < 4.78 is 2.27. The van der Waals surface area contributed by atoms with Crippen molar-refractivity contribution in [3.63, 3.8) is 0 Å². The molecule has 0 aromatic carbocycles. The minimum Gasteiger partial charge on any atom is -0.348 e. The van der Waals surface area contributed by atoms with Crippen LogP contribution in [0.15, 0.2) is 12.3 Å². The lowest BCUT2D eigenvalue weighted by Crippen LogP contribution is -2.22. The quantitative estimate of drug-likeness (QED) is 0.704. The van der Waals surface area contributed by atoms with Gasteiger partial charge in [0, 0.05) is 30.8 Å². The number of hydrogen-bond acceptors (Lipinski definition) is 1. The number of rotatable bonds is 2. The molecule has 1 atom stereocenters. The van der Waals surface area contributed by atoms with E-state index in [9.17, 15) is 4.79 Å². The number of fused-ring (bicyclic) bond motifs is 1. The van der Waals surface area contributed by atoms with E-state index in [0.717, 1.165) is 12.8 Å². The molecule has 0 N–H and O–H groups in total. The normalized spacial score (nSPS) is 21.0. The van der Waals surface area contributed by atoms with Crippen molar-refractivity contribution in [1.29, 1.82) is 0 Å². The second kappa shape index (κ2) is 3.60. The van der Waals surface area contributed by atoms with Crippen LogP contribution in [0.25, 0.3) is 0 Å². The van der Waals surface area contributed by atoms with Gasteiger partial charge < -0.3 is 4.57 Å².